The van der Waals surface area contributed by atoms with Crippen molar-refractivity contribution in [3.05, 3.63) is 0 Å². The third-order valence-electron chi connectivity index (χ3n) is 1.78. The van der Waals surface area contributed by atoms with Crippen molar-refractivity contribution in [2.45, 2.75) is 38.3 Å². The Balaban J connectivity index is 2.21. The van der Waals surface area contributed by atoms with Crippen LogP contribution >= 0.6 is 12.2 Å². The Labute approximate surface area is 66.6 Å². The van der Waals surface area contributed by atoms with Crippen LogP contribution in [0, 0.1) is 0 Å². The molecule has 1 fully saturated rings. The van der Waals surface area contributed by atoms with E-state index in [4.69, 9.17) is 12.2 Å². The second-order valence-electron chi connectivity index (χ2n) is 3.30. The Morgan fingerprint density at radius 3 is 2.50 bits per heavy atom. The number of hydrogen-bond acceptors (Lipinski definition) is 2. The topological polar surface area (TPSA) is 32.3 Å². The Hall–Kier alpha value is -0.150. The standard InChI is InChI=1S/C7H13NOS/c1-5(10)8-6-3-7(2,9)4-6/h6,9H,3-4H2,1-2H3,(H,8,10). The molecule has 3 heteroatoms. The minimum Gasteiger partial charge on any atom is -0.390 e. The highest BCUT2D eigenvalue weighted by Gasteiger charge is 2.38. The monoisotopic (exact) mass is 159 g/mol. The molecule has 1 aliphatic rings. The predicted octanol–water partition coefficient (Wildman–Crippen LogP) is 0.837. The molecule has 1 rings (SSSR count). The zero-order valence-electron chi connectivity index (χ0n) is 6.35. The maximum atomic E-state index is 9.31. The van der Waals surface area contributed by atoms with Gasteiger partial charge < -0.3 is 10.4 Å². The first kappa shape index (κ1) is 7.95. The Morgan fingerprint density at radius 1 is 1.70 bits per heavy atom. The van der Waals surface area contributed by atoms with Crippen LogP contribution in [0.4, 0.5) is 0 Å². The van der Waals surface area contributed by atoms with E-state index in [1.165, 1.54) is 0 Å². The predicted molar refractivity (Wildman–Crippen MR) is 45.1 cm³/mol. The van der Waals surface area contributed by atoms with Crippen LogP contribution in [-0.4, -0.2) is 21.7 Å². The molecule has 10 heavy (non-hydrogen) atoms. The van der Waals surface area contributed by atoms with Gasteiger partial charge in [0.25, 0.3) is 0 Å². The second kappa shape index (κ2) is 2.47. The summed E-state index contributed by atoms with van der Waals surface area (Å²) in [5, 5.41) is 12.4. The van der Waals surface area contributed by atoms with E-state index < -0.39 is 5.60 Å². The van der Waals surface area contributed by atoms with Gasteiger partial charge in [-0.1, -0.05) is 12.2 Å². The lowest BCUT2D eigenvalue weighted by Gasteiger charge is -2.41. The molecular weight excluding hydrogens is 146 g/mol. The molecule has 0 atom stereocenters. The van der Waals surface area contributed by atoms with E-state index in [-0.39, 0.29) is 0 Å². The quantitative estimate of drug-likeness (QED) is 0.556. The number of hydrogen-bond donors (Lipinski definition) is 2. The fraction of sp³-hybridized carbons (Fsp3) is 0.857. The molecule has 0 saturated heterocycles. The van der Waals surface area contributed by atoms with Crippen molar-refractivity contribution in [2.75, 3.05) is 0 Å². The molecule has 0 radical (unpaired) electrons. The van der Waals surface area contributed by atoms with E-state index in [9.17, 15) is 5.11 Å². The molecule has 0 spiro atoms. The van der Waals surface area contributed by atoms with Gasteiger partial charge >= 0.3 is 0 Å². The molecule has 0 aromatic rings. The molecule has 2 nitrogen and oxygen atoms in total. The summed E-state index contributed by atoms with van der Waals surface area (Å²) in [6.45, 7) is 3.71. The molecule has 0 heterocycles. The van der Waals surface area contributed by atoms with Gasteiger partial charge in [-0.2, -0.15) is 0 Å². The summed E-state index contributed by atoms with van der Waals surface area (Å²) in [4.78, 5) is 0.820. The molecule has 0 aromatic heterocycles. The van der Waals surface area contributed by atoms with E-state index in [0.29, 0.717) is 6.04 Å². The summed E-state index contributed by atoms with van der Waals surface area (Å²) < 4.78 is 0. The molecule has 1 saturated carbocycles. The van der Waals surface area contributed by atoms with E-state index in [2.05, 4.69) is 5.32 Å². The van der Waals surface area contributed by atoms with Crippen molar-refractivity contribution in [1.82, 2.24) is 5.32 Å². The highest BCUT2D eigenvalue weighted by molar-refractivity contribution is 7.80. The van der Waals surface area contributed by atoms with Gasteiger partial charge in [-0.25, -0.2) is 0 Å². The zero-order valence-corrected chi connectivity index (χ0v) is 7.16. The molecule has 0 bridgehead atoms. The van der Waals surface area contributed by atoms with Crippen LogP contribution < -0.4 is 5.32 Å². The molecule has 0 unspecified atom stereocenters. The fourth-order valence-electron chi connectivity index (χ4n) is 1.39. The third kappa shape index (κ3) is 1.92. The number of aliphatic hydroxyl groups is 1. The van der Waals surface area contributed by atoms with Crippen molar-refractivity contribution in [1.29, 1.82) is 0 Å². The maximum Gasteiger partial charge on any atom is 0.0724 e. The van der Waals surface area contributed by atoms with Gasteiger partial charge in [0.2, 0.25) is 0 Å². The van der Waals surface area contributed by atoms with Gasteiger partial charge in [0.1, 0.15) is 0 Å². The van der Waals surface area contributed by atoms with Gasteiger partial charge in [0, 0.05) is 6.04 Å². The summed E-state index contributed by atoms with van der Waals surface area (Å²) in [5.41, 5.74) is -0.442. The summed E-state index contributed by atoms with van der Waals surface area (Å²) in [5.74, 6) is 0. The van der Waals surface area contributed by atoms with Gasteiger partial charge in [-0.15, -0.1) is 0 Å². The fourth-order valence-corrected chi connectivity index (χ4v) is 1.56. The van der Waals surface area contributed by atoms with Gasteiger partial charge in [0.15, 0.2) is 0 Å². The average Bonchev–Trinajstić information content (AvgIpc) is 1.57. The maximum absolute atomic E-state index is 9.31. The van der Waals surface area contributed by atoms with Crippen LogP contribution in [0.1, 0.15) is 26.7 Å². The van der Waals surface area contributed by atoms with Gasteiger partial charge in [0.05, 0.1) is 10.6 Å². The lowest BCUT2D eigenvalue weighted by Crippen LogP contribution is -2.52. The smallest absolute Gasteiger partial charge is 0.0724 e. The lowest BCUT2D eigenvalue weighted by atomic mass is 9.77. The number of thiocarbonyl (C=S) groups is 1. The molecular formula is C7H13NOS. The lowest BCUT2D eigenvalue weighted by molar-refractivity contribution is -0.0338. The third-order valence-corrected chi connectivity index (χ3v) is 1.90. The second-order valence-corrected chi connectivity index (χ2v) is 3.92. The molecule has 58 valence electrons. The van der Waals surface area contributed by atoms with E-state index in [1.807, 2.05) is 13.8 Å². The summed E-state index contributed by atoms with van der Waals surface area (Å²) >= 11 is 4.85. The summed E-state index contributed by atoms with van der Waals surface area (Å²) in [6.07, 6.45) is 1.64. The molecule has 2 N–H and O–H groups in total. The number of rotatable bonds is 1. The first-order chi connectivity index (χ1) is 4.49. The highest BCUT2D eigenvalue weighted by atomic mass is 32.1. The summed E-state index contributed by atoms with van der Waals surface area (Å²) in [6, 6.07) is 0.410. The largest absolute Gasteiger partial charge is 0.390 e. The van der Waals surface area contributed by atoms with Crippen molar-refractivity contribution in [2.24, 2.45) is 0 Å². The Kier molecular flexibility index (Phi) is 1.97. The first-order valence-corrected chi connectivity index (χ1v) is 3.90. The van der Waals surface area contributed by atoms with Gasteiger partial charge in [-0.05, 0) is 26.7 Å². The van der Waals surface area contributed by atoms with Crippen LogP contribution in [0.25, 0.3) is 0 Å². The van der Waals surface area contributed by atoms with E-state index in [1.54, 1.807) is 0 Å². The molecule has 1 aliphatic carbocycles. The van der Waals surface area contributed by atoms with Gasteiger partial charge in [-0.3, -0.25) is 0 Å². The normalized spacial score (nSPS) is 38.5. The number of nitrogens with one attached hydrogen (secondary N) is 1. The van der Waals surface area contributed by atoms with Crippen LogP contribution in [-0.2, 0) is 0 Å². The van der Waals surface area contributed by atoms with Crippen LogP contribution in [0.15, 0.2) is 0 Å². The van der Waals surface area contributed by atoms with Crippen LogP contribution in [0.2, 0.25) is 0 Å². The Bertz CT molecular complexity index is 148. The molecule has 0 aliphatic heterocycles. The zero-order chi connectivity index (χ0) is 7.78. The van der Waals surface area contributed by atoms with Crippen LogP contribution in [0.5, 0.6) is 0 Å². The molecule has 0 aromatic carbocycles. The van der Waals surface area contributed by atoms with Crippen LogP contribution in [0.3, 0.4) is 0 Å². The summed E-state index contributed by atoms with van der Waals surface area (Å²) in [7, 11) is 0. The Morgan fingerprint density at radius 2 is 2.20 bits per heavy atom. The van der Waals surface area contributed by atoms with E-state index in [0.717, 1.165) is 17.8 Å². The van der Waals surface area contributed by atoms with Crippen molar-refractivity contribution < 1.29 is 5.11 Å². The molecule has 0 amide bonds. The van der Waals surface area contributed by atoms with Crippen molar-refractivity contribution >= 4 is 17.2 Å². The minimum absolute atomic E-state index is 0.410. The highest BCUT2D eigenvalue weighted by Crippen LogP contribution is 2.31. The average molecular weight is 159 g/mol. The van der Waals surface area contributed by atoms with E-state index >= 15 is 0 Å². The SMILES string of the molecule is CC(=S)NC1CC(C)(O)C1. The first-order valence-electron chi connectivity index (χ1n) is 3.49. The minimum atomic E-state index is -0.442. The van der Waals surface area contributed by atoms with Crippen molar-refractivity contribution in [3.63, 3.8) is 0 Å². The van der Waals surface area contributed by atoms with Crippen molar-refractivity contribution in [3.8, 4) is 0 Å².